The molecule has 3 heterocycles. The Balaban J connectivity index is 1.20. The van der Waals surface area contributed by atoms with Crippen molar-refractivity contribution in [1.29, 1.82) is 0 Å². The van der Waals surface area contributed by atoms with E-state index in [1.807, 2.05) is 35.4 Å². The summed E-state index contributed by atoms with van der Waals surface area (Å²) in [5.41, 5.74) is 7.60. The number of carbonyl (C=O) groups excluding carboxylic acids is 2. The fourth-order valence-electron chi connectivity index (χ4n) is 5.91. The van der Waals surface area contributed by atoms with Crippen molar-refractivity contribution >= 4 is 45.7 Å². The van der Waals surface area contributed by atoms with Crippen LogP contribution in [0.1, 0.15) is 47.4 Å². The van der Waals surface area contributed by atoms with Gasteiger partial charge in [0.05, 0.1) is 15.6 Å². The van der Waals surface area contributed by atoms with Gasteiger partial charge in [-0.05, 0) is 62.1 Å². The number of thiazole rings is 1. The Bertz CT molecular complexity index is 1700. The average Bonchev–Trinajstić information content (AvgIpc) is 3.62. The van der Waals surface area contributed by atoms with Crippen molar-refractivity contribution in [3.05, 3.63) is 99.6 Å². The van der Waals surface area contributed by atoms with Crippen LogP contribution < -0.4 is 5.32 Å². The fourth-order valence-corrected chi connectivity index (χ4v) is 7.30. The third-order valence-electron chi connectivity index (χ3n) is 8.25. The Kier molecular flexibility index (Phi) is 8.37. The Morgan fingerprint density at radius 2 is 1.67 bits per heavy atom. The second kappa shape index (κ2) is 12.3. The minimum Gasteiger partial charge on any atom is -0.361 e. The van der Waals surface area contributed by atoms with Crippen LogP contribution in [0.4, 0.5) is 0 Å². The molecule has 1 fully saturated rings. The van der Waals surface area contributed by atoms with Crippen LogP contribution in [0.25, 0.3) is 32.6 Å². The van der Waals surface area contributed by atoms with Crippen molar-refractivity contribution in [1.82, 2.24) is 20.2 Å². The summed E-state index contributed by atoms with van der Waals surface area (Å²) in [6, 6.07) is 22.1. The van der Waals surface area contributed by atoms with Gasteiger partial charge in [-0.15, -0.1) is 11.3 Å². The molecule has 6 nitrogen and oxygen atoms in total. The van der Waals surface area contributed by atoms with Crippen LogP contribution >= 0.6 is 22.9 Å². The van der Waals surface area contributed by atoms with Crippen LogP contribution in [0.15, 0.2) is 72.9 Å². The number of piperidine rings is 1. The molecule has 1 unspecified atom stereocenters. The number of fused-ring (bicyclic) bond motifs is 1. The SMILES string of the molecule is CC(=O)NC(Cc1c[nH]c2ccc(C)cc12)C(=O)N1CCC(c2nc(-c3ccc(Cl)cc3)c(-c3ccc(C)cc3)s2)CC1. The predicted octanol–water partition coefficient (Wildman–Crippen LogP) is 7.68. The molecule has 0 radical (unpaired) electrons. The largest absolute Gasteiger partial charge is 0.361 e. The van der Waals surface area contributed by atoms with Crippen molar-refractivity contribution in [2.24, 2.45) is 0 Å². The van der Waals surface area contributed by atoms with Gasteiger partial charge in [0.25, 0.3) is 0 Å². The number of aryl methyl sites for hydroxylation is 2. The molecular weight excluding hydrogens is 576 g/mol. The number of likely N-dealkylation sites (tertiary alicyclic amines) is 1. The van der Waals surface area contributed by atoms with E-state index in [-0.39, 0.29) is 17.7 Å². The molecule has 1 aliphatic rings. The number of nitrogens with one attached hydrogen (secondary N) is 2. The maximum absolute atomic E-state index is 13.8. The lowest BCUT2D eigenvalue weighted by molar-refractivity contribution is -0.137. The minimum absolute atomic E-state index is 0.0306. The number of benzene rings is 3. The Morgan fingerprint density at radius 1 is 1.00 bits per heavy atom. The molecule has 5 aromatic rings. The molecule has 0 aliphatic carbocycles. The quantitative estimate of drug-likeness (QED) is 0.198. The van der Waals surface area contributed by atoms with Gasteiger partial charge in [0, 0.05) is 60.0 Å². The van der Waals surface area contributed by atoms with Crippen molar-refractivity contribution in [2.45, 2.75) is 52.0 Å². The molecule has 220 valence electrons. The van der Waals surface area contributed by atoms with E-state index < -0.39 is 6.04 Å². The summed E-state index contributed by atoms with van der Waals surface area (Å²) in [4.78, 5) is 37.4. The van der Waals surface area contributed by atoms with Crippen LogP contribution in [-0.4, -0.2) is 45.8 Å². The molecule has 2 amide bonds. The first-order valence-corrected chi connectivity index (χ1v) is 15.9. The Labute approximate surface area is 261 Å². The maximum atomic E-state index is 13.8. The summed E-state index contributed by atoms with van der Waals surface area (Å²) in [5.74, 6) is 0.0255. The van der Waals surface area contributed by atoms with Gasteiger partial charge in [0.2, 0.25) is 11.8 Å². The summed E-state index contributed by atoms with van der Waals surface area (Å²) in [6.45, 7) is 6.87. The van der Waals surface area contributed by atoms with Crippen LogP contribution in [-0.2, 0) is 16.0 Å². The van der Waals surface area contributed by atoms with Gasteiger partial charge < -0.3 is 15.2 Å². The molecule has 8 heteroatoms. The van der Waals surface area contributed by atoms with Crippen LogP contribution in [0.2, 0.25) is 5.02 Å². The number of hydrogen-bond acceptors (Lipinski definition) is 4. The zero-order chi connectivity index (χ0) is 30.1. The molecule has 2 aromatic heterocycles. The van der Waals surface area contributed by atoms with Crippen molar-refractivity contribution < 1.29 is 9.59 Å². The van der Waals surface area contributed by atoms with E-state index >= 15 is 0 Å². The first-order chi connectivity index (χ1) is 20.7. The van der Waals surface area contributed by atoms with Gasteiger partial charge in [0.15, 0.2) is 0 Å². The molecule has 0 bridgehead atoms. The van der Waals surface area contributed by atoms with E-state index in [0.717, 1.165) is 61.6 Å². The molecule has 6 rings (SSSR count). The van der Waals surface area contributed by atoms with Crippen molar-refractivity contribution in [3.63, 3.8) is 0 Å². The lowest BCUT2D eigenvalue weighted by atomic mass is 9.96. The predicted molar refractivity (Wildman–Crippen MR) is 176 cm³/mol. The number of carbonyl (C=O) groups is 2. The molecular formula is C35H35ClN4O2S. The van der Waals surface area contributed by atoms with E-state index in [4.69, 9.17) is 16.6 Å². The van der Waals surface area contributed by atoms with Gasteiger partial charge in [-0.1, -0.05) is 65.2 Å². The first-order valence-electron chi connectivity index (χ1n) is 14.7. The van der Waals surface area contributed by atoms with E-state index in [2.05, 4.69) is 66.6 Å². The topological polar surface area (TPSA) is 78.1 Å². The molecule has 43 heavy (non-hydrogen) atoms. The minimum atomic E-state index is -0.613. The summed E-state index contributed by atoms with van der Waals surface area (Å²) in [5, 5.41) is 5.82. The zero-order valence-electron chi connectivity index (χ0n) is 24.6. The van der Waals surface area contributed by atoms with Crippen LogP contribution in [0, 0.1) is 13.8 Å². The molecule has 0 spiro atoms. The Hall–Kier alpha value is -3.94. The highest BCUT2D eigenvalue weighted by atomic mass is 35.5. The molecule has 2 N–H and O–H groups in total. The lowest BCUT2D eigenvalue weighted by Gasteiger charge is -2.33. The number of hydrogen-bond donors (Lipinski definition) is 2. The van der Waals surface area contributed by atoms with Crippen molar-refractivity contribution in [2.75, 3.05) is 13.1 Å². The summed E-state index contributed by atoms with van der Waals surface area (Å²) in [6.07, 6.45) is 4.04. The second-order valence-electron chi connectivity index (χ2n) is 11.5. The average molecular weight is 611 g/mol. The van der Waals surface area contributed by atoms with Gasteiger partial charge in [-0.3, -0.25) is 9.59 Å². The van der Waals surface area contributed by atoms with E-state index in [1.54, 1.807) is 11.3 Å². The third kappa shape index (κ3) is 6.38. The highest BCUT2D eigenvalue weighted by Crippen LogP contribution is 2.42. The Morgan fingerprint density at radius 3 is 2.37 bits per heavy atom. The molecule has 1 atom stereocenters. The monoisotopic (exact) mass is 610 g/mol. The van der Waals surface area contributed by atoms with Gasteiger partial charge in [0.1, 0.15) is 6.04 Å². The first kappa shape index (κ1) is 29.1. The van der Waals surface area contributed by atoms with E-state index in [9.17, 15) is 9.59 Å². The second-order valence-corrected chi connectivity index (χ2v) is 13.0. The standard InChI is InChI=1S/C35H35ClN4O2S/c1-21-4-7-25(8-5-21)33-32(24-9-11-28(36)12-10-24)39-34(43-33)26-14-16-40(17-15-26)35(42)31(38-23(3)41)19-27-20-37-30-13-6-22(2)18-29(27)30/h4-13,18,20,26,31,37H,14-17,19H2,1-3H3,(H,38,41). The lowest BCUT2D eigenvalue weighted by Crippen LogP contribution is -2.51. The zero-order valence-corrected chi connectivity index (χ0v) is 26.2. The maximum Gasteiger partial charge on any atom is 0.245 e. The molecule has 1 saturated heterocycles. The fraction of sp³-hybridized carbons (Fsp3) is 0.286. The number of halogens is 1. The highest BCUT2D eigenvalue weighted by molar-refractivity contribution is 7.15. The highest BCUT2D eigenvalue weighted by Gasteiger charge is 2.31. The summed E-state index contributed by atoms with van der Waals surface area (Å²) >= 11 is 7.93. The normalized spacial score (nSPS) is 14.7. The summed E-state index contributed by atoms with van der Waals surface area (Å²) in [7, 11) is 0. The number of amides is 2. The van der Waals surface area contributed by atoms with Crippen LogP contribution in [0.5, 0.6) is 0 Å². The smallest absolute Gasteiger partial charge is 0.245 e. The van der Waals surface area contributed by atoms with Gasteiger partial charge >= 0.3 is 0 Å². The van der Waals surface area contributed by atoms with E-state index in [1.165, 1.54) is 12.5 Å². The number of nitrogens with zero attached hydrogens (tertiary/aromatic N) is 2. The summed E-state index contributed by atoms with van der Waals surface area (Å²) < 4.78 is 0. The number of H-pyrrole nitrogens is 1. The van der Waals surface area contributed by atoms with Gasteiger partial charge in [-0.25, -0.2) is 4.98 Å². The van der Waals surface area contributed by atoms with Crippen LogP contribution in [0.3, 0.4) is 0 Å². The third-order valence-corrected chi connectivity index (χ3v) is 9.77. The molecule has 3 aromatic carbocycles. The number of aromatic nitrogens is 2. The van der Waals surface area contributed by atoms with Gasteiger partial charge in [-0.2, -0.15) is 0 Å². The number of rotatable bonds is 7. The number of aromatic amines is 1. The van der Waals surface area contributed by atoms with Crippen molar-refractivity contribution in [3.8, 4) is 21.7 Å². The molecule has 0 saturated carbocycles. The molecule has 1 aliphatic heterocycles. The van der Waals surface area contributed by atoms with E-state index in [0.29, 0.717) is 24.5 Å².